The van der Waals surface area contributed by atoms with E-state index in [0.717, 1.165) is 19.6 Å². The first-order chi connectivity index (χ1) is 9.49. The van der Waals surface area contributed by atoms with Crippen molar-refractivity contribution in [3.05, 3.63) is 0 Å². The number of amides is 3. The van der Waals surface area contributed by atoms with E-state index < -0.39 is 12.0 Å². The van der Waals surface area contributed by atoms with Crippen molar-refractivity contribution in [2.24, 2.45) is 0 Å². The molecule has 0 heterocycles. The van der Waals surface area contributed by atoms with Crippen LogP contribution in [0.25, 0.3) is 0 Å². The maximum Gasteiger partial charge on any atom is 0.321 e. The Morgan fingerprint density at radius 3 is 2.20 bits per heavy atom. The molecule has 7 nitrogen and oxygen atoms in total. The van der Waals surface area contributed by atoms with E-state index in [1.165, 1.54) is 0 Å². The van der Waals surface area contributed by atoms with Crippen molar-refractivity contribution in [1.29, 1.82) is 0 Å². The molecule has 0 aliphatic heterocycles. The monoisotopic (exact) mass is 287 g/mol. The Kier molecular flexibility index (Phi) is 10.3. The van der Waals surface area contributed by atoms with Gasteiger partial charge in [0.15, 0.2) is 0 Å². The number of likely N-dealkylation sites (N-methyl/N-ethyl adjacent to an activating group) is 1. The highest BCUT2D eigenvalue weighted by atomic mass is 16.4. The van der Waals surface area contributed by atoms with E-state index in [9.17, 15) is 14.4 Å². The van der Waals surface area contributed by atoms with Gasteiger partial charge < -0.3 is 15.3 Å². The van der Waals surface area contributed by atoms with E-state index in [1.807, 2.05) is 13.8 Å². The maximum absolute atomic E-state index is 11.4. The fraction of sp³-hybridized carbons (Fsp3) is 0.769. The van der Waals surface area contributed by atoms with E-state index in [-0.39, 0.29) is 18.7 Å². The molecule has 0 aliphatic carbocycles. The number of rotatable bonds is 10. The second-order valence-corrected chi connectivity index (χ2v) is 4.43. The van der Waals surface area contributed by atoms with Crippen molar-refractivity contribution in [2.75, 3.05) is 26.2 Å². The molecular weight excluding hydrogens is 262 g/mol. The maximum atomic E-state index is 11.4. The number of hydrogen-bond acceptors (Lipinski definition) is 4. The first-order valence-corrected chi connectivity index (χ1v) is 7.01. The number of carboxylic acid groups (broad SMARTS) is 1. The van der Waals surface area contributed by atoms with Crippen LogP contribution >= 0.6 is 0 Å². The standard InChI is InChI=1S/C13H25N3O4/c1-3-16(4-2)10-9-14-13(20)15-11(17)7-5-6-8-12(18)19/h3-10H2,1-2H3,(H,18,19)(H2,14,15,17,20). The minimum absolute atomic E-state index is 0.0450. The molecule has 0 aromatic heterocycles. The van der Waals surface area contributed by atoms with Gasteiger partial charge in [0, 0.05) is 25.9 Å². The number of nitrogens with zero attached hydrogens (tertiary/aromatic N) is 1. The number of imide groups is 1. The predicted molar refractivity (Wildman–Crippen MR) is 75.4 cm³/mol. The zero-order valence-corrected chi connectivity index (χ0v) is 12.3. The van der Waals surface area contributed by atoms with E-state index in [4.69, 9.17) is 5.11 Å². The number of carbonyl (C=O) groups is 3. The van der Waals surface area contributed by atoms with Crippen LogP contribution in [0.15, 0.2) is 0 Å². The third-order valence-electron chi connectivity index (χ3n) is 2.91. The second-order valence-electron chi connectivity index (χ2n) is 4.43. The SMILES string of the molecule is CCN(CC)CCNC(=O)NC(=O)CCCCC(=O)O. The van der Waals surface area contributed by atoms with Crippen LogP contribution in [0.1, 0.15) is 39.5 Å². The molecule has 3 N–H and O–H groups in total. The molecule has 0 bridgehead atoms. The molecule has 0 unspecified atom stereocenters. The van der Waals surface area contributed by atoms with Crippen LogP contribution in [0.5, 0.6) is 0 Å². The van der Waals surface area contributed by atoms with Gasteiger partial charge in [0.2, 0.25) is 5.91 Å². The summed E-state index contributed by atoms with van der Waals surface area (Å²) in [5.74, 6) is -1.25. The summed E-state index contributed by atoms with van der Waals surface area (Å²) in [6, 6.07) is -0.500. The van der Waals surface area contributed by atoms with E-state index in [2.05, 4.69) is 15.5 Å². The summed E-state index contributed by atoms with van der Waals surface area (Å²) in [4.78, 5) is 35.2. The summed E-state index contributed by atoms with van der Waals surface area (Å²) in [7, 11) is 0. The molecule has 20 heavy (non-hydrogen) atoms. The Balaban J connectivity index is 3.64. The zero-order chi connectivity index (χ0) is 15.4. The predicted octanol–water partition coefficient (Wildman–Crippen LogP) is 0.799. The van der Waals surface area contributed by atoms with Crippen LogP contribution < -0.4 is 10.6 Å². The molecule has 0 aliphatic rings. The quantitative estimate of drug-likeness (QED) is 0.516. The zero-order valence-electron chi connectivity index (χ0n) is 12.3. The lowest BCUT2D eigenvalue weighted by molar-refractivity contribution is -0.137. The third kappa shape index (κ3) is 10.3. The highest BCUT2D eigenvalue weighted by Crippen LogP contribution is 1.99. The van der Waals surface area contributed by atoms with Crippen LogP contribution in [0.4, 0.5) is 4.79 Å². The Hall–Kier alpha value is -1.63. The fourth-order valence-electron chi connectivity index (χ4n) is 1.66. The van der Waals surface area contributed by atoms with Crippen molar-refractivity contribution in [3.63, 3.8) is 0 Å². The van der Waals surface area contributed by atoms with Crippen molar-refractivity contribution in [3.8, 4) is 0 Å². The average molecular weight is 287 g/mol. The number of hydrogen-bond donors (Lipinski definition) is 3. The van der Waals surface area contributed by atoms with E-state index in [1.54, 1.807) is 0 Å². The summed E-state index contributed by atoms with van der Waals surface area (Å²) >= 11 is 0. The van der Waals surface area contributed by atoms with Gasteiger partial charge >= 0.3 is 12.0 Å². The van der Waals surface area contributed by atoms with Gasteiger partial charge in [-0.25, -0.2) is 4.79 Å². The molecule has 0 radical (unpaired) electrons. The van der Waals surface area contributed by atoms with Crippen LogP contribution in [0, 0.1) is 0 Å². The summed E-state index contributed by atoms with van der Waals surface area (Å²) < 4.78 is 0. The van der Waals surface area contributed by atoms with Crippen LogP contribution in [-0.2, 0) is 9.59 Å². The highest BCUT2D eigenvalue weighted by Gasteiger charge is 2.08. The van der Waals surface area contributed by atoms with Gasteiger partial charge in [-0.3, -0.25) is 14.9 Å². The second kappa shape index (κ2) is 11.2. The minimum atomic E-state index is -0.875. The van der Waals surface area contributed by atoms with Gasteiger partial charge in [-0.2, -0.15) is 0 Å². The van der Waals surface area contributed by atoms with E-state index in [0.29, 0.717) is 19.4 Å². The normalized spacial score (nSPS) is 10.3. The largest absolute Gasteiger partial charge is 0.481 e. The molecule has 7 heteroatoms. The van der Waals surface area contributed by atoms with Crippen LogP contribution in [0.3, 0.4) is 0 Å². The molecule has 0 aromatic carbocycles. The number of aliphatic carboxylic acids is 1. The van der Waals surface area contributed by atoms with Gasteiger partial charge in [-0.1, -0.05) is 13.8 Å². The smallest absolute Gasteiger partial charge is 0.321 e. The van der Waals surface area contributed by atoms with Gasteiger partial charge in [0.1, 0.15) is 0 Å². The van der Waals surface area contributed by atoms with Crippen molar-refractivity contribution < 1.29 is 19.5 Å². The summed E-state index contributed by atoms with van der Waals surface area (Å²) in [6.45, 7) is 7.16. The molecule has 0 atom stereocenters. The molecule has 0 fully saturated rings. The highest BCUT2D eigenvalue weighted by molar-refractivity contribution is 5.94. The summed E-state index contributed by atoms with van der Waals surface area (Å²) in [5, 5.41) is 13.3. The molecule has 116 valence electrons. The molecule has 0 spiro atoms. The summed E-state index contributed by atoms with van der Waals surface area (Å²) in [5.41, 5.74) is 0. The lowest BCUT2D eigenvalue weighted by atomic mass is 10.2. The molecule has 0 aromatic rings. The number of carbonyl (C=O) groups excluding carboxylic acids is 2. The number of nitrogens with one attached hydrogen (secondary N) is 2. The van der Waals surface area contributed by atoms with E-state index >= 15 is 0 Å². The van der Waals surface area contributed by atoms with Gasteiger partial charge in [0.05, 0.1) is 0 Å². The molecule has 0 rings (SSSR count). The Bertz CT molecular complexity index is 317. The molecular formula is C13H25N3O4. The van der Waals surface area contributed by atoms with Gasteiger partial charge in [-0.15, -0.1) is 0 Å². The van der Waals surface area contributed by atoms with Crippen molar-refractivity contribution >= 4 is 17.9 Å². The average Bonchev–Trinajstić information content (AvgIpc) is 2.39. The minimum Gasteiger partial charge on any atom is -0.481 e. The lowest BCUT2D eigenvalue weighted by Crippen LogP contribution is -2.42. The molecule has 3 amide bonds. The molecule has 0 saturated heterocycles. The van der Waals surface area contributed by atoms with Gasteiger partial charge in [-0.05, 0) is 25.9 Å². The fourth-order valence-corrected chi connectivity index (χ4v) is 1.66. The number of carboxylic acids is 1. The summed E-state index contributed by atoms with van der Waals surface area (Å²) in [6.07, 6.45) is 1.11. The van der Waals surface area contributed by atoms with Crippen molar-refractivity contribution in [2.45, 2.75) is 39.5 Å². The van der Waals surface area contributed by atoms with Crippen LogP contribution in [-0.4, -0.2) is 54.1 Å². The third-order valence-corrected chi connectivity index (χ3v) is 2.91. The number of urea groups is 1. The first kappa shape index (κ1) is 18.4. The Labute approximate surface area is 119 Å². The molecule has 0 saturated carbocycles. The van der Waals surface area contributed by atoms with Gasteiger partial charge in [0.25, 0.3) is 0 Å². The first-order valence-electron chi connectivity index (χ1n) is 7.01. The Morgan fingerprint density at radius 2 is 1.65 bits per heavy atom. The lowest BCUT2D eigenvalue weighted by Gasteiger charge is -2.17. The topological polar surface area (TPSA) is 98.7 Å². The Morgan fingerprint density at radius 1 is 1.05 bits per heavy atom. The van der Waals surface area contributed by atoms with Crippen molar-refractivity contribution in [1.82, 2.24) is 15.5 Å². The van der Waals surface area contributed by atoms with Crippen LogP contribution in [0.2, 0.25) is 0 Å². The number of unbranched alkanes of at least 4 members (excludes halogenated alkanes) is 1.